The Balaban J connectivity index is 1.34. The number of hydrogen-bond acceptors (Lipinski definition) is 3. The number of halogens is 3. The standard InChI is InChI=1S/C25H27Cl2FN4O2/c26-20-13-22-24(33)30-14-18(32(22)23(20)27)11-15-1-2-21(28)19(12-15)25(34)31-9-5-17(6-10-31)16-3-7-29-8-4-16/h1-2,12-14,16-17,29H,3-11H2,(H,30,33). The number of nitrogens with one attached hydrogen (secondary N) is 2. The summed E-state index contributed by atoms with van der Waals surface area (Å²) in [7, 11) is 0. The zero-order valence-corrected chi connectivity index (χ0v) is 20.3. The number of benzene rings is 1. The highest BCUT2D eigenvalue weighted by atomic mass is 35.5. The van der Waals surface area contributed by atoms with E-state index in [0.717, 1.165) is 37.4 Å². The van der Waals surface area contributed by atoms with Gasteiger partial charge in [-0.2, -0.15) is 0 Å². The largest absolute Gasteiger partial charge is 0.339 e. The van der Waals surface area contributed by atoms with Gasteiger partial charge in [0.1, 0.15) is 16.5 Å². The van der Waals surface area contributed by atoms with Gasteiger partial charge in [0.15, 0.2) is 0 Å². The molecule has 4 heterocycles. The predicted octanol–water partition coefficient (Wildman–Crippen LogP) is 4.52. The second-order valence-corrected chi connectivity index (χ2v) is 10.1. The van der Waals surface area contributed by atoms with Crippen LogP contribution in [-0.2, 0) is 6.42 Å². The summed E-state index contributed by atoms with van der Waals surface area (Å²) in [6.45, 7) is 3.47. The third-order valence-corrected chi connectivity index (χ3v) is 8.07. The van der Waals surface area contributed by atoms with Crippen LogP contribution in [0.2, 0.25) is 10.2 Å². The molecule has 2 aliphatic rings. The lowest BCUT2D eigenvalue weighted by Gasteiger charge is -2.37. The third-order valence-electron chi connectivity index (χ3n) is 7.31. The maximum Gasteiger partial charge on any atom is 0.272 e. The number of carbonyl (C=O) groups excluding carboxylic acids is 1. The van der Waals surface area contributed by atoms with Crippen LogP contribution in [0.25, 0.3) is 5.52 Å². The average molecular weight is 505 g/mol. The molecule has 2 N–H and O–H groups in total. The number of aromatic amines is 1. The van der Waals surface area contributed by atoms with Crippen molar-refractivity contribution >= 4 is 34.6 Å². The van der Waals surface area contributed by atoms with E-state index >= 15 is 0 Å². The molecule has 0 spiro atoms. The molecule has 2 fully saturated rings. The summed E-state index contributed by atoms with van der Waals surface area (Å²) in [4.78, 5) is 29.8. The minimum Gasteiger partial charge on any atom is -0.339 e. The molecule has 0 unspecified atom stereocenters. The number of rotatable bonds is 4. The summed E-state index contributed by atoms with van der Waals surface area (Å²) in [6.07, 6.45) is 6.25. The summed E-state index contributed by atoms with van der Waals surface area (Å²) in [5, 5.41) is 3.93. The zero-order valence-electron chi connectivity index (χ0n) is 18.8. The molecular formula is C25H27Cl2FN4O2. The van der Waals surface area contributed by atoms with Crippen LogP contribution in [0.3, 0.4) is 0 Å². The maximum atomic E-state index is 14.7. The minimum absolute atomic E-state index is 0.0788. The highest BCUT2D eigenvalue weighted by molar-refractivity contribution is 6.42. The Hall–Kier alpha value is -2.35. The van der Waals surface area contributed by atoms with Crippen molar-refractivity contribution in [3.8, 4) is 0 Å². The molecule has 180 valence electrons. The molecule has 0 aliphatic carbocycles. The summed E-state index contributed by atoms with van der Waals surface area (Å²) in [5.41, 5.74) is 1.53. The van der Waals surface area contributed by atoms with E-state index in [1.54, 1.807) is 27.6 Å². The van der Waals surface area contributed by atoms with Crippen molar-refractivity contribution in [1.29, 1.82) is 0 Å². The molecule has 0 atom stereocenters. The SMILES string of the molecule is O=C(c1cc(Cc2c[nH]c(=O)c3cc(Cl)c(Cl)n23)ccc1F)N1CCC(C2CCNCC2)CC1. The van der Waals surface area contributed by atoms with E-state index in [1.807, 2.05) is 0 Å². The van der Waals surface area contributed by atoms with Crippen LogP contribution in [0.4, 0.5) is 4.39 Å². The van der Waals surface area contributed by atoms with Crippen LogP contribution >= 0.6 is 23.2 Å². The molecule has 5 rings (SSSR count). The fourth-order valence-electron chi connectivity index (χ4n) is 5.44. The van der Waals surface area contributed by atoms with Crippen molar-refractivity contribution in [3.63, 3.8) is 0 Å². The van der Waals surface area contributed by atoms with Gasteiger partial charge in [0.2, 0.25) is 0 Å². The zero-order chi connectivity index (χ0) is 23.8. The average Bonchev–Trinajstić information content (AvgIpc) is 3.17. The number of nitrogens with zero attached hydrogens (tertiary/aromatic N) is 2. The fraction of sp³-hybridized carbons (Fsp3) is 0.440. The molecule has 3 aromatic rings. The molecule has 1 amide bonds. The molecule has 0 bridgehead atoms. The Morgan fingerprint density at radius 3 is 2.50 bits per heavy atom. The smallest absolute Gasteiger partial charge is 0.272 e. The van der Waals surface area contributed by atoms with Crippen LogP contribution < -0.4 is 10.9 Å². The number of carbonyl (C=O) groups is 1. The van der Waals surface area contributed by atoms with Gasteiger partial charge < -0.3 is 15.2 Å². The predicted molar refractivity (Wildman–Crippen MR) is 131 cm³/mol. The molecule has 6 nitrogen and oxygen atoms in total. The first-order valence-electron chi connectivity index (χ1n) is 11.8. The van der Waals surface area contributed by atoms with Crippen LogP contribution in [0.5, 0.6) is 0 Å². The summed E-state index contributed by atoms with van der Waals surface area (Å²) < 4.78 is 16.3. The number of aromatic nitrogens is 2. The Morgan fingerprint density at radius 1 is 1.06 bits per heavy atom. The maximum absolute atomic E-state index is 14.7. The Kier molecular flexibility index (Phi) is 6.69. The molecule has 0 saturated carbocycles. The first-order valence-corrected chi connectivity index (χ1v) is 12.5. The monoisotopic (exact) mass is 504 g/mol. The van der Waals surface area contributed by atoms with E-state index in [4.69, 9.17) is 23.2 Å². The number of piperidine rings is 2. The lowest BCUT2D eigenvalue weighted by molar-refractivity contribution is 0.0637. The molecular weight excluding hydrogens is 478 g/mol. The van der Waals surface area contributed by atoms with Gasteiger partial charge in [0.25, 0.3) is 11.5 Å². The third kappa shape index (κ3) is 4.49. The van der Waals surface area contributed by atoms with Crippen LogP contribution in [-0.4, -0.2) is 46.4 Å². The van der Waals surface area contributed by atoms with Crippen molar-refractivity contribution in [3.05, 3.63) is 73.6 Å². The number of H-pyrrole nitrogens is 1. The highest BCUT2D eigenvalue weighted by Crippen LogP contribution is 2.32. The van der Waals surface area contributed by atoms with Gasteiger partial charge in [-0.15, -0.1) is 0 Å². The van der Waals surface area contributed by atoms with Crippen molar-refractivity contribution < 1.29 is 9.18 Å². The number of amides is 1. The molecule has 2 saturated heterocycles. The second-order valence-electron chi connectivity index (χ2n) is 9.32. The summed E-state index contributed by atoms with van der Waals surface area (Å²) in [5.74, 6) is 0.574. The normalized spacial score (nSPS) is 18.0. The fourth-order valence-corrected chi connectivity index (χ4v) is 5.88. The van der Waals surface area contributed by atoms with E-state index in [9.17, 15) is 14.0 Å². The lowest BCUT2D eigenvalue weighted by Crippen LogP contribution is -2.42. The van der Waals surface area contributed by atoms with Crippen molar-refractivity contribution in [2.24, 2.45) is 11.8 Å². The number of fused-ring (bicyclic) bond motifs is 1. The van der Waals surface area contributed by atoms with Crippen molar-refractivity contribution in [1.82, 2.24) is 19.6 Å². The van der Waals surface area contributed by atoms with Gasteiger partial charge in [0.05, 0.1) is 10.6 Å². The number of likely N-dealkylation sites (tertiary alicyclic amines) is 1. The van der Waals surface area contributed by atoms with Gasteiger partial charge in [-0.05, 0) is 74.4 Å². The Bertz CT molecular complexity index is 1270. The molecule has 2 aromatic heterocycles. The molecule has 0 radical (unpaired) electrons. The van der Waals surface area contributed by atoms with Gasteiger partial charge in [0, 0.05) is 31.4 Å². The number of hydrogen-bond donors (Lipinski definition) is 2. The van der Waals surface area contributed by atoms with Crippen molar-refractivity contribution in [2.75, 3.05) is 26.2 Å². The van der Waals surface area contributed by atoms with E-state index in [1.165, 1.54) is 25.0 Å². The first-order chi connectivity index (χ1) is 16.4. The van der Waals surface area contributed by atoms with Crippen LogP contribution in [0.15, 0.2) is 35.3 Å². The van der Waals surface area contributed by atoms with E-state index in [0.29, 0.717) is 36.6 Å². The van der Waals surface area contributed by atoms with Crippen LogP contribution in [0.1, 0.15) is 47.3 Å². The Morgan fingerprint density at radius 2 is 1.76 bits per heavy atom. The highest BCUT2D eigenvalue weighted by Gasteiger charge is 2.30. The quantitative estimate of drug-likeness (QED) is 0.548. The van der Waals surface area contributed by atoms with Gasteiger partial charge >= 0.3 is 0 Å². The molecule has 34 heavy (non-hydrogen) atoms. The summed E-state index contributed by atoms with van der Waals surface area (Å²) in [6, 6.07) is 6.09. The van der Waals surface area contributed by atoms with E-state index in [-0.39, 0.29) is 27.2 Å². The van der Waals surface area contributed by atoms with Gasteiger partial charge in [-0.25, -0.2) is 4.39 Å². The second kappa shape index (κ2) is 9.72. The van der Waals surface area contributed by atoms with Gasteiger partial charge in [-0.3, -0.25) is 14.0 Å². The minimum atomic E-state index is -0.525. The topological polar surface area (TPSA) is 69.6 Å². The molecule has 1 aromatic carbocycles. The van der Waals surface area contributed by atoms with Crippen LogP contribution in [0, 0.1) is 17.7 Å². The van der Waals surface area contributed by atoms with E-state index < -0.39 is 5.82 Å². The molecule has 9 heteroatoms. The van der Waals surface area contributed by atoms with Gasteiger partial charge in [-0.1, -0.05) is 29.3 Å². The Labute approximate surface area is 207 Å². The molecule has 2 aliphatic heterocycles. The van der Waals surface area contributed by atoms with Crippen molar-refractivity contribution in [2.45, 2.75) is 32.1 Å². The lowest BCUT2D eigenvalue weighted by atomic mass is 9.79. The summed E-state index contributed by atoms with van der Waals surface area (Å²) >= 11 is 12.4. The first kappa shape index (κ1) is 23.4. The van der Waals surface area contributed by atoms with E-state index in [2.05, 4.69) is 10.3 Å².